The first kappa shape index (κ1) is 18.7. The highest BCUT2D eigenvalue weighted by Crippen LogP contribution is 2.32. The summed E-state index contributed by atoms with van der Waals surface area (Å²) >= 11 is 0. The molecule has 176 valence electrons. The van der Waals surface area contributed by atoms with Crippen LogP contribution in [0.3, 0.4) is 0 Å². The van der Waals surface area contributed by atoms with Crippen LogP contribution in [0.25, 0.3) is 33.4 Å². The third-order valence-electron chi connectivity index (χ3n) is 5.64. The standard InChI is InChI=1S/C24H21FN8O2/c1-13(14-4-7-17(25)8-5-14)33-31-22(30-32-33)19-10-16(12-27-24(19)35-3)15-6-9-18-20(11-15)28-29-21(18)23(34)26-2/h4-13H,1-3H3,(H,26,34)(H,28,29)/i2D3. The molecular weight excluding hydrogens is 451 g/mol. The Morgan fingerprint density at radius 1 is 1.20 bits per heavy atom. The number of carbonyl (C=O) groups excluding carboxylic acids is 1. The number of aromatic amines is 1. The molecule has 0 saturated heterocycles. The van der Waals surface area contributed by atoms with Crippen LogP contribution in [0, 0.1) is 5.82 Å². The van der Waals surface area contributed by atoms with E-state index in [4.69, 9.17) is 8.85 Å². The highest BCUT2D eigenvalue weighted by molar-refractivity contribution is 6.05. The van der Waals surface area contributed by atoms with Crippen molar-refractivity contribution in [3.63, 3.8) is 0 Å². The van der Waals surface area contributed by atoms with Crippen molar-refractivity contribution in [2.24, 2.45) is 0 Å². The van der Waals surface area contributed by atoms with E-state index in [2.05, 4.69) is 30.6 Å². The predicted octanol–water partition coefficient (Wildman–Crippen LogP) is 3.40. The van der Waals surface area contributed by atoms with E-state index in [0.29, 0.717) is 27.9 Å². The molecule has 10 nitrogen and oxygen atoms in total. The number of fused-ring (bicyclic) bond motifs is 1. The van der Waals surface area contributed by atoms with Crippen LogP contribution in [0.15, 0.2) is 54.7 Å². The van der Waals surface area contributed by atoms with Gasteiger partial charge in [-0.25, -0.2) is 9.37 Å². The number of hydrogen-bond acceptors (Lipinski definition) is 7. The van der Waals surface area contributed by atoms with Crippen LogP contribution in [0.4, 0.5) is 4.39 Å². The second kappa shape index (κ2) is 8.93. The average Bonchev–Trinajstić information content (AvgIpc) is 3.55. The molecule has 35 heavy (non-hydrogen) atoms. The van der Waals surface area contributed by atoms with Crippen LogP contribution in [0.5, 0.6) is 5.88 Å². The largest absolute Gasteiger partial charge is 0.480 e. The minimum absolute atomic E-state index is 0.0210. The highest BCUT2D eigenvalue weighted by Gasteiger charge is 2.19. The van der Waals surface area contributed by atoms with E-state index >= 15 is 0 Å². The van der Waals surface area contributed by atoms with Crippen molar-refractivity contribution in [2.75, 3.05) is 14.1 Å². The molecular formula is C24H21FN8O2. The molecule has 0 aliphatic heterocycles. The number of pyridine rings is 1. The van der Waals surface area contributed by atoms with Gasteiger partial charge in [-0.3, -0.25) is 9.89 Å². The number of hydrogen-bond donors (Lipinski definition) is 2. The third kappa shape index (κ3) is 4.07. The summed E-state index contributed by atoms with van der Waals surface area (Å²) < 4.78 is 40.4. The van der Waals surface area contributed by atoms with E-state index < -0.39 is 12.9 Å². The smallest absolute Gasteiger partial charge is 0.272 e. The first-order valence-electron chi connectivity index (χ1n) is 12.0. The Kier molecular flexibility index (Phi) is 4.78. The maximum Gasteiger partial charge on any atom is 0.272 e. The van der Waals surface area contributed by atoms with E-state index in [1.807, 2.05) is 12.2 Å². The van der Waals surface area contributed by atoms with Gasteiger partial charge in [0.25, 0.3) is 5.91 Å². The Labute approximate surface area is 203 Å². The molecule has 0 fully saturated rings. The normalized spacial score (nSPS) is 13.6. The van der Waals surface area contributed by atoms with E-state index in [1.54, 1.807) is 42.6 Å². The molecule has 0 spiro atoms. The Hall–Kier alpha value is -4.67. The van der Waals surface area contributed by atoms with Gasteiger partial charge in [-0.15, -0.1) is 10.2 Å². The van der Waals surface area contributed by atoms with Gasteiger partial charge >= 0.3 is 0 Å². The van der Waals surface area contributed by atoms with Crippen LogP contribution < -0.4 is 10.1 Å². The fourth-order valence-corrected chi connectivity index (χ4v) is 3.74. The van der Waals surface area contributed by atoms with Crippen LogP contribution in [0.1, 0.15) is 33.1 Å². The average molecular weight is 476 g/mol. The SMILES string of the molecule is [2H]C([2H])([2H])NC(=O)c1n[nH]c2cc(-c3cnc(OC)c(-c4nnn(C(C)c5ccc(F)cc5)n4)c3)ccc12. The summed E-state index contributed by atoms with van der Waals surface area (Å²) in [5.41, 5.74) is 3.28. The quantitative estimate of drug-likeness (QED) is 0.386. The van der Waals surface area contributed by atoms with Crippen LogP contribution >= 0.6 is 0 Å². The van der Waals surface area contributed by atoms with Gasteiger partial charge in [0.15, 0.2) is 5.69 Å². The number of benzene rings is 2. The molecule has 3 aromatic heterocycles. The zero-order valence-corrected chi connectivity index (χ0v) is 18.7. The molecule has 11 heteroatoms. The third-order valence-corrected chi connectivity index (χ3v) is 5.64. The summed E-state index contributed by atoms with van der Waals surface area (Å²) in [5, 5.41) is 22.0. The predicted molar refractivity (Wildman–Crippen MR) is 126 cm³/mol. The molecule has 0 saturated carbocycles. The van der Waals surface area contributed by atoms with Gasteiger partial charge in [0.1, 0.15) is 5.82 Å². The van der Waals surface area contributed by atoms with Crippen molar-refractivity contribution in [2.45, 2.75) is 13.0 Å². The first-order chi connectivity index (χ1) is 18.1. The van der Waals surface area contributed by atoms with E-state index in [0.717, 1.165) is 11.1 Å². The van der Waals surface area contributed by atoms with Crippen molar-refractivity contribution in [3.05, 3.63) is 71.8 Å². The lowest BCUT2D eigenvalue weighted by Crippen LogP contribution is -2.18. The minimum Gasteiger partial charge on any atom is -0.480 e. The second-order valence-electron chi connectivity index (χ2n) is 7.73. The lowest BCUT2D eigenvalue weighted by molar-refractivity contribution is 0.0959. The number of amides is 1. The molecule has 0 aliphatic rings. The van der Waals surface area contributed by atoms with Crippen molar-refractivity contribution >= 4 is 16.8 Å². The zero-order chi connectivity index (χ0) is 27.0. The molecule has 1 unspecified atom stereocenters. The Balaban J connectivity index is 1.47. The maximum atomic E-state index is 13.3. The van der Waals surface area contributed by atoms with Gasteiger partial charge in [-0.2, -0.15) is 9.90 Å². The van der Waals surface area contributed by atoms with Gasteiger partial charge in [0, 0.05) is 28.2 Å². The maximum absolute atomic E-state index is 13.3. The van der Waals surface area contributed by atoms with Crippen molar-refractivity contribution in [1.82, 2.24) is 40.7 Å². The number of carbonyl (C=O) groups is 1. The molecule has 1 amide bonds. The zero-order valence-electron chi connectivity index (χ0n) is 21.7. The minimum atomic E-state index is -2.62. The summed E-state index contributed by atoms with van der Waals surface area (Å²) in [6, 6.07) is 12.8. The van der Waals surface area contributed by atoms with Crippen molar-refractivity contribution < 1.29 is 18.0 Å². The Bertz CT molecular complexity index is 1630. The summed E-state index contributed by atoms with van der Waals surface area (Å²) in [7, 11) is 1.49. The fourth-order valence-electron chi connectivity index (χ4n) is 3.74. The van der Waals surface area contributed by atoms with E-state index in [9.17, 15) is 9.18 Å². The number of nitrogens with one attached hydrogen (secondary N) is 2. The van der Waals surface area contributed by atoms with Gasteiger partial charge in [-0.1, -0.05) is 18.2 Å². The molecule has 5 aromatic rings. The lowest BCUT2D eigenvalue weighted by atomic mass is 10.0. The molecule has 5 rings (SSSR count). The van der Waals surface area contributed by atoms with Gasteiger partial charge in [-0.05, 0) is 53.6 Å². The summed E-state index contributed by atoms with van der Waals surface area (Å²) in [6.07, 6.45) is 1.62. The van der Waals surface area contributed by atoms with Gasteiger partial charge in [0.05, 0.1) is 24.2 Å². The van der Waals surface area contributed by atoms with E-state index in [1.165, 1.54) is 24.0 Å². The molecule has 2 N–H and O–H groups in total. The number of halogens is 1. The number of ether oxygens (including phenoxy) is 1. The molecule has 0 radical (unpaired) electrons. The number of methoxy groups -OCH3 is 1. The van der Waals surface area contributed by atoms with Crippen LogP contribution in [-0.2, 0) is 0 Å². The number of rotatable bonds is 6. The van der Waals surface area contributed by atoms with Gasteiger partial charge in [0.2, 0.25) is 11.7 Å². The van der Waals surface area contributed by atoms with Crippen LogP contribution in [0.2, 0.25) is 0 Å². The monoisotopic (exact) mass is 475 g/mol. The number of aromatic nitrogens is 7. The molecule has 0 aliphatic carbocycles. The highest BCUT2D eigenvalue weighted by atomic mass is 19.1. The topological polar surface area (TPSA) is 124 Å². The van der Waals surface area contributed by atoms with Crippen molar-refractivity contribution in [3.8, 4) is 28.4 Å². The summed E-state index contributed by atoms with van der Waals surface area (Å²) in [5.74, 6) is -0.545. The second-order valence-corrected chi connectivity index (χ2v) is 7.73. The van der Waals surface area contributed by atoms with Gasteiger partial charge < -0.3 is 10.1 Å². The lowest BCUT2D eigenvalue weighted by Gasteiger charge is -2.10. The molecule has 2 aromatic carbocycles. The molecule has 1 atom stereocenters. The molecule has 3 heterocycles. The number of nitrogens with zero attached hydrogens (tertiary/aromatic N) is 6. The summed E-state index contributed by atoms with van der Waals surface area (Å²) in [4.78, 5) is 18.1. The Morgan fingerprint density at radius 2 is 2.03 bits per heavy atom. The molecule has 0 bridgehead atoms. The van der Waals surface area contributed by atoms with Crippen molar-refractivity contribution in [1.29, 1.82) is 0 Å². The number of H-pyrrole nitrogens is 1. The van der Waals surface area contributed by atoms with E-state index in [-0.39, 0.29) is 23.4 Å². The summed E-state index contributed by atoms with van der Waals surface area (Å²) in [6.45, 7) is -0.753. The first-order valence-corrected chi connectivity index (χ1v) is 10.5. The Morgan fingerprint density at radius 3 is 2.80 bits per heavy atom. The fraction of sp³-hybridized carbons (Fsp3) is 0.167. The van der Waals surface area contributed by atoms with Crippen LogP contribution in [-0.4, -0.2) is 55.4 Å². The number of tetrazole rings is 1.